The van der Waals surface area contributed by atoms with Crippen molar-refractivity contribution in [1.82, 2.24) is 0 Å². The lowest BCUT2D eigenvalue weighted by Gasteiger charge is -2.58. The minimum Gasteiger partial charge on any atom is -0.494 e. The molecule has 164 valence electrons. The molecule has 0 aromatic carbocycles. The van der Waals surface area contributed by atoms with Gasteiger partial charge in [-0.05, 0) is 88.0 Å². The third-order valence-electron chi connectivity index (χ3n) is 9.42. The second-order valence-electron chi connectivity index (χ2n) is 10.7. The summed E-state index contributed by atoms with van der Waals surface area (Å²) >= 11 is 0. The van der Waals surface area contributed by atoms with Crippen LogP contribution in [0.3, 0.4) is 0 Å². The maximum atomic E-state index is 12.9. The fraction of sp³-hybridized carbons (Fsp3) is 0.769. The number of ether oxygens (including phenoxy) is 2. The molecule has 0 bridgehead atoms. The first-order valence-electron chi connectivity index (χ1n) is 12.2. The lowest BCUT2D eigenvalue weighted by molar-refractivity contribution is -0.160. The van der Waals surface area contributed by atoms with Crippen molar-refractivity contribution in [1.29, 1.82) is 0 Å². The summed E-state index contributed by atoms with van der Waals surface area (Å²) in [5.41, 5.74) is 0.953. The number of rotatable bonds is 4. The van der Waals surface area contributed by atoms with Gasteiger partial charge in [0.25, 0.3) is 0 Å². The van der Waals surface area contributed by atoms with E-state index >= 15 is 0 Å². The molecule has 5 rings (SSSR count). The zero-order chi connectivity index (χ0) is 20.9. The highest BCUT2D eigenvalue weighted by Gasteiger charge is 2.63. The first-order valence-corrected chi connectivity index (χ1v) is 12.2. The van der Waals surface area contributed by atoms with Crippen LogP contribution in [0.2, 0.25) is 0 Å². The number of allylic oxidation sites excluding steroid dienone is 3. The molecule has 3 saturated carbocycles. The smallest absolute Gasteiger partial charge is 0.302 e. The molecule has 4 unspecified atom stereocenters. The first-order chi connectivity index (χ1) is 14.5. The number of aldehydes is 1. The standard InChI is InChI=1S/C26H36O4/c1-17(28)29-23-13-12-21-20-11-10-18-6-5-9-24(30-19-7-3-4-8-19)26(18,16-27)22(20)14-15-25(21,23)2/h6-7,16,20-24H,3-5,8-15H2,1-2H3/t20?,21?,22?,23-,24?,25-,26-/m0/s1. The molecule has 4 nitrogen and oxygen atoms in total. The van der Waals surface area contributed by atoms with Crippen LogP contribution in [-0.2, 0) is 19.1 Å². The van der Waals surface area contributed by atoms with Crippen LogP contribution < -0.4 is 0 Å². The highest BCUT2D eigenvalue weighted by molar-refractivity contribution is 5.69. The minimum atomic E-state index is -0.453. The molecule has 0 radical (unpaired) electrons. The Morgan fingerprint density at radius 3 is 2.63 bits per heavy atom. The van der Waals surface area contributed by atoms with E-state index in [4.69, 9.17) is 9.47 Å². The van der Waals surface area contributed by atoms with E-state index in [2.05, 4.69) is 19.1 Å². The molecule has 0 saturated heterocycles. The SMILES string of the molecule is CC(=O)O[C@H]1CCC2C3CCC4=CCCC(OC5=CCCC5)[C@]4(C=O)C3CC[C@@]21C. The van der Waals surface area contributed by atoms with Crippen molar-refractivity contribution in [3.63, 3.8) is 0 Å². The van der Waals surface area contributed by atoms with Gasteiger partial charge in [0.05, 0.1) is 11.2 Å². The van der Waals surface area contributed by atoms with Gasteiger partial charge in [0.2, 0.25) is 0 Å². The van der Waals surface area contributed by atoms with Gasteiger partial charge < -0.3 is 14.3 Å². The highest BCUT2D eigenvalue weighted by atomic mass is 16.5. The van der Waals surface area contributed by atoms with Gasteiger partial charge in [-0.1, -0.05) is 18.6 Å². The molecule has 4 heteroatoms. The van der Waals surface area contributed by atoms with Crippen molar-refractivity contribution >= 4 is 12.3 Å². The summed E-state index contributed by atoms with van der Waals surface area (Å²) in [4.78, 5) is 24.6. The number of fused-ring (bicyclic) bond motifs is 5. The second-order valence-corrected chi connectivity index (χ2v) is 10.7. The van der Waals surface area contributed by atoms with Crippen LogP contribution in [0, 0.1) is 28.6 Å². The molecule has 0 N–H and O–H groups in total. The van der Waals surface area contributed by atoms with Gasteiger partial charge in [-0.25, -0.2) is 0 Å². The number of carbonyl (C=O) groups is 2. The normalized spacial score (nSPS) is 44.8. The monoisotopic (exact) mass is 412 g/mol. The van der Waals surface area contributed by atoms with Crippen LogP contribution in [0.5, 0.6) is 0 Å². The van der Waals surface area contributed by atoms with E-state index in [1.54, 1.807) is 0 Å². The Balaban J connectivity index is 1.46. The van der Waals surface area contributed by atoms with E-state index in [0.29, 0.717) is 17.8 Å². The van der Waals surface area contributed by atoms with Crippen LogP contribution in [0.4, 0.5) is 0 Å². The molecule has 0 aromatic rings. The third-order valence-corrected chi connectivity index (χ3v) is 9.42. The highest BCUT2D eigenvalue weighted by Crippen LogP contribution is 2.65. The van der Waals surface area contributed by atoms with Crippen molar-refractivity contribution in [2.45, 2.75) is 96.7 Å². The Hall–Kier alpha value is -1.58. The predicted molar refractivity (Wildman–Crippen MR) is 114 cm³/mol. The Bertz CT molecular complexity index is 782. The average Bonchev–Trinajstić information content (AvgIpc) is 3.35. The Labute approximate surface area is 180 Å². The number of esters is 1. The molecule has 0 aromatic heterocycles. The van der Waals surface area contributed by atoms with E-state index in [9.17, 15) is 9.59 Å². The van der Waals surface area contributed by atoms with Crippen LogP contribution in [-0.4, -0.2) is 24.5 Å². The maximum Gasteiger partial charge on any atom is 0.302 e. The summed E-state index contributed by atoms with van der Waals surface area (Å²) < 4.78 is 12.4. The molecule has 7 atom stereocenters. The van der Waals surface area contributed by atoms with Crippen LogP contribution >= 0.6 is 0 Å². The second kappa shape index (κ2) is 7.53. The summed E-state index contributed by atoms with van der Waals surface area (Å²) in [6.45, 7) is 3.87. The van der Waals surface area contributed by atoms with Gasteiger partial charge in [0, 0.05) is 18.8 Å². The Kier molecular flexibility index (Phi) is 5.10. The molecular weight excluding hydrogens is 376 g/mol. The lowest BCUT2D eigenvalue weighted by atomic mass is 9.46. The van der Waals surface area contributed by atoms with Gasteiger partial charge in [-0.2, -0.15) is 0 Å². The molecule has 5 aliphatic carbocycles. The van der Waals surface area contributed by atoms with Gasteiger partial charge in [-0.15, -0.1) is 0 Å². The fourth-order valence-corrected chi connectivity index (χ4v) is 8.10. The summed E-state index contributed by atoms with van der Waals surface area (Å²) in [5, 5.41) is 0. The van der Waals surface area contributed by atoms with Crippen molar-refractivity contribution < 1.29 is 19.1 Å². The van der Waals surface area contributed by atoms with E-state index in [1.807, 2.05) is 0 Å². The predicted octanol–water partition coefficient (Wildman–Crippen LogP) is 5.51. The van der Waals surface area contributed by atoms with Crippen molar-refractivity contribution in [2.75, 3.05) is 0 Å². The molecule has 0 aliphatic heterocycles. The average molecular weight is 413 g/mol. The van der Waals surface area contributed by atoms with Crippen molar-refractivity contribution in [3.05, 3.63) is 23.5 Å². The van der Waals surface area contributed by atoms with Crippen LogP contribution in [0.15, 0.2) is 23.5 Å². The van der Waals surface area contributed by atoms with Gasteiger partial charge in [0.15, 0.2) is 0 Å². The molecule has 0 spiro atoms. The lowest BCUT2D eigenvalue weighted by Crippen LogP contribution is -2.57. The summed E-state index contributed by atoms with van der Waals surface area (Å²) in [5.74, 6) is 2.37. The van der Waals surface area contributed by atoms with E-state index in [0.717, 1.165) is 70.0 Å². The van der Waals surface area contributed by atoms with Gasteiger partial charge in [-0.3, -0.25) is 4.79 Å². The molecule has 5 aliphatic rings. The van der Waals surface area contributed by atoms with Gasteiger partial charge >= 0.3 is 5.97 Å². The van der Waals surface area contributed by atoms with E-state index in [-0.39, 0.29) is 23.6 Å². The maximum absolute atomic E-state index is 12.9. The summed E-state index contributed by atoms with van der Waals surface area (Å²) in [6, 6.07) is 0. The molecule has 30 heavy (non-hydrogen) atoms. The topological polar surface area (TPSA) is 52.6 Å². The van der Waals surface area contributed by atoms with Crippen molar-refractivity contribution in [3.8, 4) is 0 Å². The number of hydrogen-bond acceptors (Lipinski definition) is 4. The van der Waals surface area contributed by atoms with Crippen LogP contribution in [0.25, 0.3) is 0 Å². The van der Waals surface area contributed by atoms with Crippen LogP contribution in [0.1, 0.15) is 84.5 Å². The molecule has 0 amide bonds. The van der Waals surface area contributed by atoms with E-state index < -0.39 is 5.41 Å². The molecular formula is C26H36O4. The van der Waals surface area contributed by atoms with Crippen molar-refractivity contribution in [2.24, 2.45) is 28.6 Å². The molecule has 0 heterocycles. The van der Waals surface area contributed by atoms with E-state index in [1.165, 1.54) is 25.2 Å². The zero-order valence-corrected chi connectivity index (χ0v) is 18.5. The summed E-state index contributed by atoms with van der Waals surface area (Å²) in [6.07, 6.45) is 17.5. The summed E-state index contributed by atoms with van der Waals surface area (Å²) in [7, 11) is 0. The first kappa shape index (κ1) is 20.3. The fourth-order valence-electron chi connectivity index (χ4n) is 8.10. The zero-order valence-electron chi connectivity index (χ0n) is 18.5. The quantitative estimate of drug-likeness (QED) is 0.347. The number of carbonyl (C=O) groups excluding carboxylic acids is 2. The largest absolute Gasteiger partial charge is 0.494 e. The molecule has 3 fully saturated rings. The minimum absolute atomic E-state index is 0.0119. The Morgan fingerprint density at radius 2 is 1.90 bits per heavy atom. The number of hydrogen-bond donors (Lipinski definition) is 0. The Morgan fingerprint density at radius 1 is 1.03 bits per heavy atom. The third kappa shape index (κ3) is 2.92. The van der Waals surface area contributed by atoms with Gasteiger partial charge in [0.1, 0.15) is 18.5 Å².